The van der Waals surface area contributed by atoms with Crippen molar-refractivity contribution in [3.63, 3.8) is 0 Å². The van der Waals surface area contributed by atoms with Gasteiger partial charge in [-0.05, 0) is 42.8 Å². The highest BCUT2D eigenvalue weighted by Crippen LogP contribution is 2.21. The number of halogens is 1. The first-order valence-corrected chi connectivity index (χ1v) is 8.35. The maximum absolute atomic E-state index is 13.9. The predicted molar refractivity (Wildman–Crippen MR) is 96.7 cm³/mol. The van der Waals surface area contributed by atoms with E-state index in [1.165, 1.54) is 23.1 Å². The summed E-state index contributed by atoms with van der Waals surface area (Å²) < 4.78 is 13.9. The molecule has 2 aromatic carbocycles. The Morgan fingerprint density at radius 1 is 1.08 bits per heavy atom. The van der Waals surface area contributed by atoms with Gasteiger partial charge >= 0.3 is 11.8 Å². The highest BCUT2D eigenvalue weighted by atomic mass is 19.1. The largest absolute Gasteiger partial charge is 0.508 e. The Hall–Kier alpha value is -3.09. The molecule has 1 aliphatic rings. The molecule has 0 bridgehead atoms. The number of rotatable bonds is 2. The van der Waals surface area contributed by atoms with E-state index in [9.17, 15) is 19.1 Å². The van der Waals surface area contributed by atoms with Crippen LogP contribution in [0.5, 0.6) is 5.75 Å². The van der Waals surface area contributed by atoms with Gasteiger partial charge in [-0.3, -0.25) is 9.59 Å². The Labute approximate surface area is 150 Å². The summed E-state index contributed by atoms with van der Waals surface area (Å²) in [4.78, 5) is 27.9. The predicted octanol–water partition coefficient (Wildman–Crippen LogP) is 2.13. The Bertz CT molecular complexity index is 833. The maximum atomic E-state index is 13.9. The number of hydrogen-bond donors (Lipinski definition) is 2. The summed E-state index contributed by atoms with van der Waals surface area (Å²) in [7, 11) is 0. The standard InChI is InChI=1S/C19H20FN3O3/c1-13-12-14(24)6-7-16(13)21-18(25)19(26)23-10-8-22(9-11-23)17-5-3-2-4-15(17)20/h2-7,12,24H,8-11H2,1H3,(H,21,25). The fourth-order valence-corrected chi connectivity index (χ4v) is 2.97. The van der Waals surface area contributed by atoms with Gasteiger partial charge in [0.05, 0.1) is 5.69 Å². The van der Waals surface area contributed by atoms with Crippen molar-refractivity contribution < 1.29 is 19.1 Å². The van der Waals surface area contributed by atoms with Crippen LogP contribution in [-0.4, -0.2) is 48.0 Å². The molecule has 1 saturated heterocycles. The molecule has 3 rings (SSSR count). The fourth-order valence-electron chi connectivity index (χ4n) is 2.97. The van der Waals surface area contributed by atoms with E-state index >= 15 is 0 Å². The molecule has 1 aliphatic heterocycles. The van der Waals surface area contributed by atoms with Crippen LogP contribution in [0.25, 0.3) is 0 Å². The average Bonchev–Trinajstić information content (AvgIpc) is 2.64. The van der Waals surface area contributed by atoms with Gasteiger partial charge in [0.2, 0.25) is 0 Å². The lowest BCUT2D eigenvalue weighted by atomic mass is 10.2. The molecule has 6 nitrogen and oxygen atoms in total. The van der Waals surface area contributed by atoms with Crippen molar-refractivity contribution in [3.05, 3.63) is 53.8 Å². The maximum Gasteiger partial charge on any atom is 0.313 e. The minimum Gasteiger partial charge on any atom is -0.508 e. The Balaban J connectivity index is 1.59. The van der Waals surface area contributed by atoms with Gasteiger partial charge in [-0.25, -0.2) is 4.39 Å². The summed E-state index contributed by atoms with van der Waals surface area (Å²) in [6.07, 6.45) is 0. The van der Waals surface area contributed by atoms with E-state index < -0.39 is 11.8 Å². The molecular weight excluding hydrogens is 337 g/mol. The zero-order chi connectivity index (χ0) is 18.7. The van der Waals surface area contributed by atoms with Crippen molar-refractivity contribution >= 4 is 23.2 Å². The van der Waals surface area contributed by atoms with E-state index in [-0.39, 0.29) is 11.6 Å². The Morgan fingerprint density at radius 2 is 1.77 bits per heavy atom. The second kappa shape index (κ2) is 7.43. The molecule has 0 atom stereocenters. The Morgan fingerprint density at radius 3 is 2.42 bits per heavy atom. The first kappa shape index (κ1) is 17.7. The number of piperazine rings is 1. The van der Waals surface area contributed by atoms with Crippen molar-refractivity contribution in [2.45, 2.75) is 6.92 Å². The number of aromatic hydroxyl groups is 1. The highest BCUT2D eigenvalue weighted by molar-refractivity contribution is 6.39. The number of benzene rings is 2. The number of para-hydroxylation sites is 1. The molecule has 0 aliphatic carbocycles. The number of carbonyl (C=O) groups is 2. The van der Waals surface area contributed by atoms with Crippen molar-refractivity contribution in [2.75, 3.05) is 36.4 Å². The van der Waals surface area contributed by atoms with E-state index in [4.69, 9.17) is 0 Å². The molecular formula is C19H20FN3O3. The fraction of sp³-hybridized carbons (Fsp3) is 0.263. The third kappa shape index (κ3) is 3.77. The SMILES string of the molecule is Cc1cc(O)ccc1NC(=O)C(=O)N1CCN(c2ccccc2F)CC1. The third-order valence-corrected chi connectivity index (χ3v) is 4.41. The summed E-state index contributed by atoms with van der Waals surface area (Å²) in [5, 5.41) is 12.0. The lowest BCUT2D eigenvalue weighted by Crippen LogP contribution is -2.51. The lowest BCUT2D eigenvalue weighted by molar-refractivity contribution is -0.143. The zero-order valence-corrected chi connectivity index (χ0v) is 14.4. The second-order valence-electron chi connectivity index (χ2n) is 6.18. The van der Waals surface area contributed by atoms with E-state index in [2.05, 4.69) is 5.32 Å². The lowest BCUT2D eigenvalue weighted by Gasteiger charge is -2.35. The number of nitrogens with one attached hydrogen (secondary N) is 1. The van der Waals surface area contributed by atoms with Crippen molar-refractivity contribution in [1.29, 1.82) is 0 Å². The molecule has 0 radical (unpaired) electrons. The van der Waals surface area contributed by atoms with Gasteiger partial charge in [0.15, 0.2) is 0 Å². The molecule has 136 valence electrons. The molecule has 0 aromatic heterocycles. The molecule has 2 amide bonds. The summed E-state index contributed by atoms with van der Waals surface area (Å²) in [6, 6.07) is 11.0. The van der Waals surface area contributed by atoms with Crippen molar-refractivity contribution in [2.24, 2.45) is 0 Å². The van der Waals surface area contributed by atoms with Gasteiger partial charge in [-0.2, -0.15) is 0 Å². The second-order valence-corrected chi connectivity index (χ2v) is 6.18. The number of hydrogen-bond acceptors (Lipinski definition) is 4. The summed E-state index contributed by atoms with van der Waals surface area (Å²) >= 11 is 0. The first-order chi connectivity index (χ1) is 12.5. The number of phenols is 1. The average molecular weight is 357 g/mol. The normalized spacial score (nSPS) is 14.2. The molecule has 0 spiro atoms. The van der Waals surface area contributed by atoms with Crippen LogP contribution < -0.4 is 10.2 Å². The summed E-state index contributed by atoms with van der Waals surface area (Å²) in [5.74, 6) is -1.55. The minimum absolute atomic E-state index is 0.0936. The molecule has 26 heavy (non-hydrogen) atoms. The molecule has 1 heterocycles. The van der Waals surface area contributed by atoms with E-state index in [1.807, 2.05) is 4.90 Å². The topological polar surface area (TPSA) is 72.9 Å². The van der Waals surface area contributed by atoms with Gasteiger partial charge in [0, 0.05) is 31.9 Å². The number of aryl methyl sites for hydroxylation is 1. The number of amides is 2. The van der Waals surface area contributed by atoms with Gasteiger partial charge in [0.1, 0.15) is 11.6 Å². The molecule has 0 saturated carbocycles. The van der Waals surface area contributed by atoms with Crippen LogP contribution in [0.3, 0.4) is 0 Å². The number of phenolic OH excluding ortho intramolecular Hbond substituents is 1. The minimum atomic E-state index is -0.724. The number of anilines is 2. The van der Waals surface area contributed by atoms with Gasteiger partial charge in [0.25, 0.3) is 0 Å². The van der Waals surface area contributed by atoms with E-state index in [1.54, 1.807) is 31.2 Å². The van der Waals surface area contributed by atoms with Gasteiger partial charge < -0.3 is 20.2 Å². The van der Waals surface area contributed by atoms with Crippen molar-refractivity contribution in [3.8, 4) is 5.75 Å². The smallest absolute Gasteiger partial charge is 0.313 e. The molecule has 1 fully saturated rings. The van der Waals surface area contributed by atoms with Gasteiger partial charge in [-0.1, -0.05) is 12.1 Å². The first-order valence-electron chi connectivity index (χ1n) is 8.35. The summed E-state index contributed by atoms with van der Waals surface area (Å²) in [5.41, 5.74) is 1.64. The van der Waals surface area contributed by atoms with Crippen LogP contribution in [0.15, 0.2) is 42.5 Å². The molecule has 2 aromatic rings. The monoisotopic (exact) mass is 357 g/mol. The van der Waals surface area contributed by atoms with Crippen LogP contribution in [-0.2, 0) is 9.59 Å². The van der Waals surface area contributed by atoms with Crippen molar-refractivity contribution in [1.82, 2.24) is 4.90 Å². The quantitative estimate of drug-likeness (QED) is 0.638. The van der Waals surface area contributed by atoms with Gasteiger partial charge in [-0.15, -0.1) is 0 Å². The number of nitrogens with zero attached hydrogens (tertiary/aromatic N) is 2. The number of carbonyl (C=O) groups excluding carboxylic acids is 2. The summed E-state index contributed by atoms with van der Waals surface area (Å²) in [6.45, 7) is 3.33. The van der Waals surface area contributed by atoms with E-state index in [0.717, 1.165) is 0 Å². The van der Waals surface area contributed by atoms with Crippen LogP contribution in [0, 0.1) is 12.7 Å². The van der Waals surface area contributed by atoms with Crippen LogP contribution in [0.1, 0.15) is 5.56 Å². The molecule has 7 heteroatoms. The zero-order valence-electron chi connectivity index (χ0n) is 14.4. The van der Waals surface area contributed by atoms with Crippen LogP contribution >= 0.6 is 0 Å². The van der Waals surface area contributed by atoms with Crippen LogP contribution in [0.2, 0.25) is 0 Å². The molecule has 0 unspecified atom stereocenters. The Kier molecular flexibility index (Phi) is 5.06. The van der Waals surface area contributed by atoms with E-state index in [0.29, 0.717) is 43.1 Å². The molecule has 2 N–H and O–H groups in total. The van der Waals surface area contributed by atoms with Crippen LogP contribution in [0.4, 0.5) is 15.8 Å². The third-order valence-electron chi connectivity index (χ3n) is 4.41. The highest BCUT2D eigenvalue weighted by Gasteiger charge is 2.27.